The summed E-state index contributed by atoms with van der Waals surface area (Å²) in [5.74, 6) is 2.42. The van der Waals surface area contributed by atoms with Crippen molar-refractivity contribution in [2.75, 3.05) is 23.8 Å². The minimum absolute atomic E-state index is 0.502. The van der Waals surface area contributed by atoms with Gasteiger partial charge in [0.15, 0.2) is 11.6 Å². The van der Waals surface area contributed by atoms with Crippen LogP contribution in [-0.2, 0) is 0 Å². The van der Waals surface area contributed by atoms with E-state index >= 15 is 0 Å². The molecule has 2 N–H and O–H groups in total. The second kappa shape index (κ2) is 3.40. The second-order valence-electron chi connectivity index (χ2n) is 3.98. The van der Waals surface area contributed by atoms with Crippen LogP contribution < -0.4 is 15.4 Å². The van der Waals surface area contributed by atoms with Crippen LogP contribution in [0.4, 0.5) is 11.6 Å². The molecule has 2 aliphatic rings. The molecular weight excluding hydrogens is 305 g/mol. The Hall–Kier alpha value is -0.720. The topological polar surface area (TPSA) is 51.4 Å². The van der Waals surface area contributed by atoms with Crippen molar-refractivity contribution in [1.82, 2.24) is 4.98 Å². The summed E-state index contributed by atoms with van der Waals surface area (Å²) in [5.41, 5.74) is 5.77. The number of hydrogen-bond acceptors (Lipinski definition) is 4. The van der Waals surface area contributed by atoms with Gasteiger partial charge < -0.3 is 15.4 Å². The van der Waals surface area contributed by atoms with E-state index in [1.54, 1.807) is 0 Å². The Morgan fingerprint density at radius 2 is 2.47 bits per heavy atom. The number of aromatic nitrogens is 1. The molecule has 5 heteroatoms. The van der Waals surface area contributed by atoms with Crippen LogP contribution in [0.25, 0.3) is 0 Å². The average Bonchev–Trinajstić information content (AvgIpc) is 2.65. The molecule has 0 radical (unpaired) electrons. The standard InChI is InChI=1S/C10H12IN3O/c11-7-4-8(12)13-10-9(7)15-5-6-2-1-3-14(6)10/h4,6H,1-3,5H2,(H2,12,13)/t6-/m0/s1. The van der Waals surface area contributed by atoms with Crippen molar-refractivity contribution in [3.63, 3.8) is 0 Å². The lowest BCUT2D eigenvalue weighted by atomic mass is 10.2. The van der Waals surface area contributed by atoms with Crippen LogP contribution >= 0.6 is 22.6 Å². The van der Waals surface area contributed by atoms with E-state index in [0.29, 0.717) is 11.9 Å². The normalized spacial score (nSPS) is 23.3. The van der Waals surface area contributed by atoms with Crippen LogP contribution in [0, 0.1) is 3.57 Å². The van der Waals surface area contributed by atoms with Crippen molar-refractivity contribution in [2.45, 2.75) is 18.9 Å². The van der Waals surface area contributed by atoms with E-state index in [1.165, 1.54) is 12.8 Å². The van der Waals surface area contributed by atoms with Crippen LogP contribution in [0.15, 0.2) is 6.07 Å². The van der Waals surface area contributed by atoms with Gasteiger partial charge in [0.05, 0.1) is 9.61 Å². The lowest BCUT2D eigenvalue weighted by Crippen LogP contribution is -2.39. The van der Waals surface area contributed by atoms with Crippen LogP contribution in [0.1, 0.15) is 12.8 Å². The molecule has 15 heavy (non-hydrogen) atoms. The highest BCUT2D eigenvalue weighted by molar-refractivity contribution is 14.1. The van der Waals surface area contributed by atoms with Gasteiger partial charge in [0.2, 0.25) is 0 Å². The molecule has 0 unspecified atom stereocenters. The Morgan fingerprint density at radius 3 is 3.33 bits per heavy atom. The summed E-state index contributed by atoms with van der Waals surface area (Å²) in [6.07, 6.45) is 2.42. The number of ether oxygens (including phenoxy) is 1. The Morgan fingerprint density at radius 1 is 1.60 bits per heavy atom. The summed E-state index contributed by atoms with van der Waals surface area (Å²) in [6, 6.07) is 2.36. The number of pyridine rings is 1. The largest absolute Gasteiger partial charge is 0.486 e. The van der Waals surface area contributed by atoms with Crippen molar-refractivity contribution in [3.05, 3.63) is 9.64 Å². The molecule has 3 heterocycles. The summed E-state index contributed by atoms with van der Waals surface area (Å²) < 4.78 is 6.81. The maximum absolute atomic E-state index is 5.77. The third-order valence-corrected chi connectivity index (χ3v) is 3.80. The van der Waals surface area contributed by atoms with E-state index in [-0.39, 0.29) is 0 Å². The van der Waals surface area contributed by atoms with Crippen LogP contribution in [0.5, 0.6) is 5.75 Å². The first-order valence-corrected chi connectivity index (χ1v) is 6.19. The fourth-order valence-electron chi connectivity index (χ4n) is 2.30. The van der Waals surface area contributed by atoms with Crippen molar-refractivity contribution >= 4 is 34.2 Å². The summed E-state index contributed by atoms with van der Waals surface area (Å²) in [5, 5.41) is 0. The molecule has 0 aromatic carbocycles. The molecule has 2 aliphatic heterocycles. The molecule has 1 fully saturated rings. The first kappa shape index (κ1) is 9.50. The molecule has 80 valence electrons. The summed E-state index contributed by atoms with van der Waals surface area (Å²) in [7, 11) is 0. The van der Waals surface area contributed by atoms with Crippen molar-refractivity contribution in [3.8, 4) is 5.75 Å². The first-order chi connectivity index (χ1) is 7.25. The highest BCUT2D eigenvalue weighted by Gasteiger charge is 2.33. The molecule has 1 atom stereocenters. The zero-order valence-electron chi connectivity index (χ0n) is 8.24. The van der Waals surface area contributed by atoms with Gasteiger partial charge in [-0.2, -0.15) is 0 Å². The van der Waals surface area contributed by atoms with Gasteiger partial charge >= 0.3 is 0 Å². The van der Waals surface area contributed by atoms with Crippen LogP contribution in [-0.4, -0.2) is 24.2 Å². The molecule has 0 amide bonds. The van der Waals surface area contributed by atoms with Gasteiger partial charge in [0.1, 0.15) is 12.4 Å². The lowest BCUT2D eigenvalue weighted by Gasteiger charge is -2.32. The van der Waals surface area contributed by atoms with Gasteiger partial charge in [0.25, 0.3) is 0 Å². The molecule has 0 saturated carbocycles. The number of halogens is 1. The molecule has 0 aliphatic carbocycles. The minimum Gasteiger partial charge on any atom is -0.486 e. The van der Waals surface area contributed by atoms with E-state index in [4.69, 9.17) is 10.5 Å². The number of fused-ring (bicyclic) bond motifs is 3. The van der Waals surface area contributed by atoms with Crippen LogP contribution in [0.2, 0.25) is 0 Å². The fraction of sp³-hybridized carbons (Fsp3) is 0.500. The van der Waals surface area contributed by atoms with Gasteiger partial charge in [-0.25, -0.2) is 4.98 Å². The maximum Gasteiger partial charge on any atom is 0.175 e. The molecule has 1 saturated heterocycles. The molecular formula is C10H12IN3O. The van der Waals surface area contributed by atoms with Crippen molar-refractivity contribution in [1.29, 1.82) is 0 Å². The number of nitrogens with zero attached hydrogens (tertiary/aromatic N) is 2. The van der Waals surface area contributed by atoms with Gasteiger partial charge in [0, 0.05) is 6.54 Å². The fourth-order valence-corrected chi connectivity index (χ4v) is 3.02. The second-order valence-corrected chi connectivity index (χ2v) is 5.14. The van der Waals surface area contributed by atoms with Gasteiger partial charge in [-0.05, 0) is 41.5 Å². The zero-order chi connectivity index (χ0) is 10.4. The molecule has 4 nitrogen and oxygen atoms in total. The molecule has 0 spiro atoms. The Labute approximate surface area is 102 Å². The molecule has 1 aromatic heterocycles. The highest BCUT2D eigenvalue weighted by Crippen LogP contribution is 2.39. The van der Waals surface area contributed by atoms with E-state index in [0.717, 1.165) is 28.3 Å². The predicted molar refractivity (Wildman–Crippen MR) is 67.2 cm³/mol. The van der Waals surface area contributed by atoms with Gasteiger partial charge in [-0.1, -0.05) is 0 Å². The quantitative estimate of drug-likeness (QED) is 0.739. The van der Waals surface area contributed by atoms with E-state index in [1.807, 2.05) is 6.07 Å². The molecule has 1 aromatic rings. The summed E-state index contributed by atoms with van der Waals surface area (Å²) in [4.78, 5) is 6.72. The van der Waals surface area contributed by atoms with E-state index in [9.17, 15) is 0 Å². The number of nitrogens with two attached hydrogens (primary N) is 1. The van der Waals surface area contributed by atoms with Gasteiger partial charge in [-0.3, -0.25) is 0 Å². The first-order valence-electron chi connectivity index (χ1n) is 5.11. The minimum atomic E-state index is 0.502. The third-order valence-electron chi connectivity index (χ3n) is 3.00. The highest BCUT2D eigenvalue weighted by atomic mass is 127. The Bertz CT molecular complexity index is 410. The van der Waals surface area contributed by atoms with E-state index in [2.05, 4.69) is 32.5 Å². The molecule has 3 rings (SSSR count). The predicted octanol–water partition coefficient (Wildman–Crippen LogP) is 1.63. The molecule has 0 bridgehead atoms. The monoisotopic (exact) mass is 317 g/mol. The zero-order valence-corrected chi connectivity index (χ0v) is 10.4. The van der Waals surface area contributed by atoms with Gasteiger partial charge in [-0.15, -0.1) is 0 Å². The summed E-state index contributed by atoms with van der Waals surface area (Å²) >= 11 is 2.25. The average molecular weight is 317 g/mol. The van der Waals surface area contributed by atoms with Crippen LogP contribution in [0.3, 0.4) is 0 Å². The number of anilines is 2. The SMILES string of the molecule is Nc1cc(I)c2c(n1)N1CCC[C@H]1CO2. The summed E-state index contributed by atoms with van der Waals surface area (Å²) in [6.45, 7) is 1.86. The number of nitrogen functional groups attached to an aromatic ring is 1. The number of rotatable bonds is 0. The van der Waals surface area contributed by atoms with Crippen molar-refractivity contribution in [2.24, 2.45) is 0 Å². The third kappa shape index (κ3) is 1.44. The number of hydrogen-bond donors (Lipinski definition) is 1. The smallest absolute Gasteiger partial charge is 0.175 e. The van der Waals surface area contributed by atoms with Crippen molar-refractivity contribution < 1.29 is 4.74 Å². The lowest BCUT2D eigenvalue weighted by molar-refractivity contribution is 0.268. The Balaban J connectivity index is 2.12. The Kier molecular flexibility index (Phi) is 2.15. The maximum atomic E-state index is 5.77. The van der Waals surface area contributed by atoms with E-state index < -0.39 is 0 Å².